The molecule has 0 aromatic rings. The van der Waals surface area contributed by atoms with Gasteiger partial charge < -0.3 is 4.74 Å². The molecule has 0 rings (SSSR count). The molecule has 0 aliphatic heterocycles. The van der Waals surface area contributed by atoms with Crippen LogP contribution in [0.3, 0.4) is 0 Å². The van der Waals surface area contributed by atoms with Crippen LogP contribution in [0.15, 0.2) is 0 Å². The van der Waals surface area contributed by atoms with Gasteiger partial charge in [-0.3, -0.25) is 14.0 Å². The van der Waals surface area contributed by atoms with Crippen molar-refractivity contribution in [3.8, 4) is 0 Å². The topological polar surface area (TPSA) is 43.4 Å². The van der Waals surface area contributed by atoms with E-state index in [0.29, 0.717) is 0 Å². The summed E-state index contributed by atoms with van der Waals surface area (Å²) in [5, 5.41) is 0. The van der Waals surface area contributed by atoms with Gasteiger partial charge in [0, 0.05) is 5.92 Å². The monoisotopic (exact) mass is 176 g/mol. The number of carbonyl (C=O) groups excluding carboxylic acids is 2. The van der Waals surface area contributed by atoms with E-state index < -0.39 is 24.3 Å². The second-order valence-electron chi connectivity index (χ2n) is 2.50. The van der Waals surface area contributed by atoms with Gasteiger partial charge in [0.15, 0.2) is 0 Å². The molecule has 0 aliphatic rings. The highest BCUT2D eigenvalue weighted by Crippen LogP contribution is 2.02. The first-order valence-electron chi connectivity index (χ1n) is 3.86. The highest BCUT2D eigenvalue weighted by Gasteiger charge is 2.16. The van der Waals surface area contributed by atoms with Crippen molar-refractivity contribution in [2.75, 3.05) is 13.3 Å². The van der Waals surface area contributed by atoms with Crippen molar-refractivity contribution < 1.29 is 18.7 Å². The summed E-state index contributed by atoms with van der Waals surface area (Å²) < 4.78 is 16.4. The predicted octanol–water partition coefficient (Wildman–Crippen LogP) is 1.11. The molecule has 0 heterocycles. The number of ether oxygens (including phenoxy) is 1. The molecule has 0 N–H and O–H groups in total. The number of alkyl halides is 1. The van der Waals surface area contributed by atoms with E-state index in [0.717, 1.165) is 0 Å². The van der Waals surface area contributed by atoms with Gasteiger partial charge in [-0.15, -0.1) is 0 Å². The van der Waals surface area contributed by atoms with Gasteiger partial charge >= 0.3 is 5.97 Å². The van der Waals surface area contributed by atoms with Crippen molar-refractivity contribution in [2.45, 2.75) is 20.3 Å². The molecule has 4 heteroatoms. The number of halogens is 1. The molecular formula is C8H13FO3. The van der Waals surface area contributed by atoms with Crippen LogP contribution in [0.5, 0.6) is 0 Å². The van der Waals surface area contributed by atoms with E-state index in [1.807, 2.05) is 0 Å². The minimum atomic E-state index is -0.724. The van der Waals surface area contributed by atoms with E-state index in [1.165, 1.54) is 6.92 Å². The largest absolute Gasteiger partial charge is 0.466 e. The van der Waals surface area contributed by atoms with Crippen molar-refractivity contribution in [1.29, 1.82) is 0 Å². The third-order valence-electron chi connectivity index (χ3n) is 1.40. The summed E-state index contributed by atoms with van der Waals surface area (Å²) in [4.78, 5) is 21.6. The Morgan fingerprint density at radius 2 is 2.08 bits per heavy atom. The van der Waals surface area contributed by atoms with Gasteiger partial charge in [-0.1, -0.05) is 6.92 Å². The summed E-state index contributed by atoms with van der Waals surface area (Å²) in [6, 6.07) is 0. The van der Waals surface area contributed by atoms with Crippen LogP contribution in [-0.2, 0) is 14.3 Å². The van der Waals surface area contributed by atoms with Gasteiger partial charge in [0.05, 0.1) is 13.3 Å². The minimum Gasteiger partial charge on any atom is -0.466 e. The molecule has 0 amide bonds. The number of rotatable bonds is 5. The highest BCUT2D eigenvalue weighted by molar-refractivity contribution is 5.96. The summed E-state index contributed by atoms with van der Waals surface area (Å²) in [6.07, 6.45) is -0.321. The van der Waals surface area contributed by atoms with Crippen molar-refractivity contribution in [2.24, 2.45) is 5.92 Å². The molecule has 0 radical (unpaired) electrons. The van der Waals surface area contributed by atoms with Crippen molar-refractivity contribution in [1.82, 2.24) is 0 Å². The Bertz CT molecular complexity index is 168. The number of Topliss-reactive ketones (excluding diaryl/α,β-unsaturated/α-hetero) is 1. The van der Waals surface area contributed by atoms with Crippen LogP contribution in [0, 0.1) is 5.92 Å². The van der Waals surface area contributed by atoms with Crippen LogP contribution in [0.2, 0.25) is 0 Å². The molecule has 0 fully saturated rings. The number of hydrogen-bond donors (Lipinski definition) is 0. The maximum Gasteiger partial charge on any atom is 0.313 e. The Balaban J connectivity index is 3.76. The highest BCUT2D eigenvalue weighted by atomic mass is 19.1. The first-order chi connectivity index (χ1) is 5.61. The number of ketones is 1. The zero-order valence-corrected chi connectivity index (χ0v) is 7.30. The lowest BCUT2D eigenvalue weighted by molar-refractivity contribution is -0.146. The van der Waals surface area contributed by atoms with Crippen LogP contribution in [0.1, 0.15) is 20.3 Å². The third-order valence-corrected chi connectivity index (χ3v) is 1.40. The lowest BCUT2D eigenvalue weighted by Gasteiger charge is -2.04. The zero-order valence-electron chi connectivity index (χ0n) is 7.30. The van der Waals surface area contributed by atoms with E-state index in [2.05, 4.69) is 4.74 Å². The summed E-state index contributed by atoms with van der Waals surface area (Å²) in [5.41, 5.74) is 0. The Hall–Kier alpha value is -0.930. The van der Waals surface area contributed by atoms with Crippen LogP contribution < -0.4 is 0 Å². The number of carbonyl (C=O) groups is 2. The van der Waals surface area contributed by atoms with E-state index in [1.54, 1.807) is 6.92 Å². The summed E-state index contributed by atoms with van der Waals surface area (Å²) in [5.74, 6) is -1.69. The first-order valence-corrected chi connectivity index (χ1v) is 3.86. The van der Waals surface area contributed by atoms with Crippen LogP contribution in [0.4, 0.5) is 4.39 Å². The Kier molecular flexibility index (Phi) is 5.25. The van der Waals surface area contributed by atoms with Gasteiger partial charge in [0.2, 0.25) is 0 Å². The minimum absolute atomic E-state index is 0.246. The Morgan fingerprint density at radius 3 is 2.50 bits per heavy atom. The summed E-state index contributed by atoms with van der Waals surface area (Å²) >= 11 is 0. The Labute approximate surface area is 70.9 Å². The fourth-order valence-electron chi connectivity index (χ4n) is 0.615. The Morgan fingerprint density at radius 1 is 1.50 bits per heavy atom. The van der Waals surface area contributed by atoms with Crippen LogP contribution in [0.25, 0.3) is 0 Å². The number of esters is 1. The fourth-order valence-corrected chi connectivity index (χ4v) is 0.615. The molecule has 1 atom stereocenters. The zero-order chi connectivity index (χ0) is 9.56. The average molecular weight is 176 g/mol. The quantitative estimate of drug-likeness (QED) is 0.465. The molecule has 0 bridgehead atoms. The molecule has 70 valence electrons. The molecule has 3 nitrogen and oxygen atoms in total. The van der Waals surface area contributed by atoms with Crippen molar-refractivity contribution in [3.05, 3.63) is 0 Å². The standard InChI is InChI=1S/C8H13FO3/c1-3-12-8(11)4-7(10)6(2)5-9/h6H,3-5H2,1-2H3. The van der Waals surface area contributed by atoms with E-state index >= 15 is 0 Å². The molecule has 0 saturated heterocycles. The maximum atomic E-state index is 11.9. The van der Waals surface area contributed by atoms with Gasteiger partial charge in [-0.25, -0.2) is 0 Å². The molecule has 0 saturated carbocycles. The predicted molar refractivity (Wildman–Crippen MR) is 41.4 cm³/mol. The third kappa shape index (κ3) is 4.05. The molecule has 1 unspecified atom stereocenters. The maximum absolute atomic E-state index is 11.9. The number of hydrogen-bond acceptors (Lipinski definition) is 3. The summed E-state index contributed by atoms with van der Waals surface area (Å²) in [6.45, 7) is 2.62. The van der Waals surface area contributed by atoms with E-state index in [-0.39, 0.29) is 13.0 Å². The smallest absolute Gasteiger partial charge is 0.313 e. The molecular weight excluding hydrogens is 163 g/mol. The van der Waals surface area contributed by atoms with Gasteiger partial charge in [-0.2, -0.15) is 0 Å². The molecule has 0 aromatic carbocycles. The van der Waals surface area contributed by atoms with Crippen molar-refractivity contribution >= 4 is 11.8 Å². The van der Waals surface area contributed by atoms with Crippen LogP contribution in [-0.4, -0.2) is 25.0 Å². The van der Waals surface area contributed by atoms with E-state index in [4.69, 9.17) is 0 Å². The molecule has 0 spiro atoms. The lowest BCUT2D eigenvalue weighted by atomic mass is 10.1. The molecule has 12 heavy (non-hydrogen) atoms. The van der Waals surface area contributed by atoms with Crippen molar-refractivity contribution in [3.63, 3.8) is 0 Å². The van der Waals surface area contributed by atoms with Gasteiger partial charge in [0.25, 0.3) is 0 Å². The van der Waals surface area contributed by atoms with Gasteiger partial charge in [0.1, 0.15) is 12.2 Å². The first kappa shape index (κ1) is 11.1. The van der Waals surface area contributed by atoms with Gasteiger partial charge in [-0.05, 0) is 6.92 Å². The second kappa shape index (κ2) is 5.69. The summed E-state index contributed by atoms with van der Waals surface area (Å²) in [7, 11) is 0. The normalized spacial score (nSPS) is 12.2. The molecule has 0 aliphatic carbocycles. The SMILES string of the molecule is CCOC(=O)CC(=O)C(C)CF. The average Bonchev–Trinajstić information content (AvgIpc) is 2.03. The van der Waals surface area contributed by atoms with Crippen LogP contribution >= 0.6 is 0 Å². The fraction of sp³-hybridized carbons (Fsp3) is 0.750. The van der Waals surface area contributed by atoms with E-state index in [9.17, 15) is 14.0 Å². The lowest BCUT2D eigenvalue weighted by Crippen LogP contribution is -2.18. The molecule has 0 aromatic heterocycles. The second-order valence-corrected chi connectivity index (χ2v) is 2.50.